The molecule has 2 N–H and O–H groups in total. The molecule has 0 aromatic rings. The molecule has 0 amide bonds. The van der Waals surface area contributed by atoms with Crippen molar-refractivity contribution < 1.29 is 27.4 Å². The second kappa shape index (κ2) is 15.2. The first-order chi connectivity index (χ1) is 14.0. The van der Waals surface area contributed by atoms with Gasteiger partial charge in [-0.25, -0.2) is 4.79 Å². The Hall–Kier alpha value is -0.660. The predicted octanol–water partition coefficient (Wildman–Crippen LogP) is 6.01. The predicted molar refractivity (Wildman–Crippen MR) is 124 cm³/mol. The van der Waals surface area contributed by atoms with Crippen molar-refractivity contribution in [2.45, 2.75) is 121 Å². The number of nitrogens with zero attached hydrogens (tertiary/aromatic N) is 1. The lowest BCUT2D eigenvalue weighted by Crippen LogP contribution is -2.66. The highest BCUT2D eigenvalue weighted by Crippen LogP contribution is 2.32. The third kappa shape index (κ3) is 10.6. The van der Waals surface area contributed by atoms with E-state index in [4.69, 9.17) is 0 Å². The van der Waals surface area contributed by atoms with E-state index in [0.717, 1.165) is 19.3 Å². The molecule has 180 valence electrons. The van der Waals surface area contributed by atoms with Crippen LogP contribution in [0.5, 0.6) is 0 Å². The number of carboxylic acids is 1. The maximum Gasteiger partial charge on any atom is 0.384 e. The van der Waals surface area contributed by atoms with Crippen LogP contribution in [0.1, 0.15) is 116 Å². The van der Waals surface area contributed by atoms with Gasteiger partial charge in [0.2, 0.25) is 0 Å². The molecule has 0 spiro atoms. The van der Waals surface area contributed by atoms with Crippen molar-refractivity contribution in [3.8, 4) is 0 Å². The van der Waals surface area contributed by atoms with Crippen molar-refractivity contribution in [3.05, 3.63) is 0 Å². The van der Waals surface area contributed by atoms with E-state index in [1.54, 1.807) is 0 Å². The largest absolute Gasteiger partial charge is 0.476 e. The molecule has 0 aliphatic carbocycles. The number of rotatable bonds is 20. The number of likely N-dealkylation sites (N-methyl/N-ethyl adjacent to an activating group) is 1. The van der Waals surface area contributed by atoms with Gasteiger partial charge in [-0.3, -0.25) is 4.55 Å². The Kier molecular flexibility index (Phi) is 14.9. The Labute approximate surface area is 185 Å². The molecular formula is C23H48NO5S+. The zero-order valence-corrected chi connectivity index (χ0v) is 20.8. The molecule has 6 nitrogen and oxygen atoms in total. The SMILES string of the molecule is CCCCCCCCCCCCCCCCCCC(C(=O)O)([N+](C)(C)C)S(=O)(=O)O. The summed E-state index contributed by atoms with van der Waals surface area (Å²) in [7, 11) is -0.248. The first kappa shape index (κ1) is 29.3. The molecule has 0 rings (SSSR count). The van der Waals surface area contributed by atoms with E-state index >= 15 is 0 Å². The lowest BCUT2D eigenvalue weighted by molar-refractivity contribution is -0.899. The lowest BCUT2D eigenvalue weighted by Gasteiger charge is -2.40. The molecule has 7 heteroatoms. The first-order valence-electron chi connectivity index (χ1n) is 12.0. The molecular weight excluding hydrogens is 402 g/mol. The summed E-state index contributed by atoms with van der Waals surface area (Å²) in [6.07, 6.45) is 19.1. The van der Waals surface area contributed by atoms with E-state index in [1.807, 2.05) is 0 Å². The summed E-state index contributed by atoms with van der Waals surface area (Å²) >= 11 is 0. The summed E-state index contributed by atoms with van der Waals surface area (Å²) in [6.45, 7) is 2.25. The summed E-state index contributed by atoms with van der Waals surface area (Å²) in [6, 6.07) is 0. The Balaban J connectivity index is 3.85. The van der Waals surface area contributed by atoms with Crippen LogP contribution in [0.4, 0.5) is 0 Å². The minimum atomic E-state index is -4.73. The van der Waals surface area contributed by atoms with Crippen molar-refractivity contribution in [1.82, 2.24) is 0 Å². The zero-order valence-electron chi connectivity index (χ0n) is 20.0. The van der Waals surface area contributed by atoms with Crippen molar-refractivity contribution in [2.75, 3.05) is 21.1 Å². The van der Waals surface area contributed by atoms with Gasteiger partial charge in [0.05, 0.1) is 21.1 Å². The van der Waals surface area contributed by atoms with Crippen molar-refractivity contribution in [2.24, 2.45) is 0 Å². The van der Waals surface area contributed by atoms with Crippen molar-refractivity contribution in [1.29, 1.82) is 0 Å². The van der Waals surface area contributed by atoms with Gasteiger partial charge in [0.15, 0.2) is 0 Å². The molecule has 1 atom stereocenters. The third-order valence-electron chi connectivity index (χ3n) is 6.21. The molecule has 0 radical (unpaired) electrons. The number of hydrogen-bond donors (Lipinski definition) is 2. The van der Waals surface area contributed by atoms with Gasteiger partial charge in [0.25, 0.3) is 0 Å². The molecule has 0 fully saturated rings. The molecule has 0 saturated carbocycles. The van der Waals surface area contributed by atoms with Gasteiger partial charge < -0.3 is 9.59 Å². The minimum absolute atomic E-state index is 0.0802. The second-order valence-electron chi connectivity index (χ2n) is 9.63. The summed E-state index contributed by atoms with van der Waals surface area (Å²) < 4.78 is 33.1. The average Bonchev–Trinajstić information content (AvgIpc) is 2.61. The van der Waals surface area contributed by atoms with Gasteiger partial charge >= 0.3 is 21.0 Å². The van der Waals surface area contributed by atoms with Gasteiger partial charge in [-0.15, -0.1) is 0 Å². The van der Waals surface area contributed by atoms with Crippen LogP contribution in [-0.4, -0.2) is 54.5 Å². The van der Waals surface area contributed by atoms with Gasteiger partial charge in [-0.2, -0.15) is 8.42 Å². The number of carbonyl (C=O) groups is 1. The fourth-order valence-electron chi connectivity index (χ4n) is 4.23. The maximum absolute atomic E-state index is 11.9. The van der Waals surface area contributed by atoms with E-state index in [-0.39, 0.29) is 10.9 Å². The van der Waals surface area contributed by atoms with E-state index in [1.165, 1.54) is 98.2 Å². The molecule has 0 aliphatic rings. The summed E-state index contributed by atoms with van der Waals surface area (Å²) in [5, 5.41) is 9.57. The Morgan fingerprint density at radius 2 is 1.00 bits per heavy atom. The van der Waals surface area contributed by atoms with Crippen molar-refractivity contribution in [3.63, 3.8) is 0 Å². The number of carboxylic acid groups (broad SMARTS) is 1. The number of hydrogen-bond acceptors (Lipinski definition) is 3. The van der Waals surface area contributed by atoms with E-state index in [9.17, 15) is 22.9 Å². The molecule has 0 aliphatic heterocycles. The van der Waals surface area contributed by atoms with Gasteiger partial charge in [-0.1, -0.05) is 103 Å². The van der Waals surface area contributed by atoms with E-state index in [0.29, 0.717) is 6.42 Å². The molecule has 0 bridgehead atoms. The van der Waals surface area contributed by atoms with E-state index < -0.39 is 21.0 Å². The summed E-state index contributed by atoms with van der Waals surface area (Å²) in [4.78, 5) is 9.55. The highest BCUT2D eigenvalue weighted by molar-refractivity contribution is 7.87. The van der Waals surface area contributed by atoms with Crippen LogP contribution < -0.4 is 0 Å². The van der Waals surface area contributed by atoms with Crippen LogP contribution in [0, 0.1) is 0 Å². The molecule has 1 unspecified atom stereocenters. The Morgan fingerprint density at radius 1 is 0.700 bits per heavy atom. The van der Waals surface area contributed by atoms with Crippen LogP contribution in [0.3, 0.4) is 0 Å². The zero-order chi connectivity index (χ0) is 23.1. The van der Waals surface area contributed by atoms with Crippen LogP contribution in [0.15, 0.2) is 0 Å². The Bertz CT molecular complexity index is 556. The highest BCUT2D eigenvalue weighted by Gasteiger charge is 2.61. The van der Waals surface area contributed by atoms with E-state index in [2.05, 4.69) is 6.92 Å². The van der Waals surface area contributed by atoms with Crippen LogP contribution in [0.25, 0.3) is 0 Å². The average molecular weight is 451 g/mol. The monoisotopic (exact) mass is 450 g/mol. The smallest absolute Gasteiger partial charge is 0.384 e. The van der Waals surface area contributed by atoms with Crippen LogP contribution in [0.2, 0.25) is 0 Å². The normalized spacial score (nSPS) is 14.6. The standard InChI is InChI=1S/C23H47NO5S/c1-5-6-7-8-9-10-11-12-13-14-15-16-17-18-19-20-21-23(22(25)26,24(2,3)4)30(27,28)29/h5-21H2,1-4H3,(H-,25,26,27,28,29)/p+1. The van der Waals surface area contributed by atoms with Crippen molar-refractivity contribution >= 4 is 16.1 Å². The summed E-state index contributed by atoms with van der Waals surface area (Å²) in [5.41, 5.74) is 0. The highest BCUT2D eigenvalue weighted by atomic mass is 32.2. The van der Waals surface area contributed by atoms with Crippen LogP contribution in [-0.2, 0) is 14.9 Å². The molecule has 30 heavy (non-hydrogen) atoms. The minimum Gasteiger partial charge on any atom is -0.476 e. The number of quaternary nitrogens is 1. The molecule has 0 saturated heterocycles. The molecule has 0 heterocycles. The second-order valence-corrected chi connectivity index (χ2v) is 11.3. The Morgan fingerprint density at radius 3 is 1.23 bits per heavy atom. The maximum atomic E-state index is 11.9. The number of unbranched alkanes of at least 4 members (excludes halogenated alkanes) is 15. The van der Waals surface area contributed by atoms with Gasteiger partial charge in [0.1, 0.15) is 0 Å². The first-order valence-corrected chi connectivity index (χ1v) is 13.5. The number of aliphatic carboxylic acids is 1. The fourth-order valence-corrected chi connectivity index (χ4v) is 5.54. The fraction of sp³-hybridized carbons (Fsp3) is 0.957. The third-order valence-corrected chi connectivity index (χ3v) is 7.99. The van der Waals surface area contributed by atoms with Crippen LogP contribution >= 0.6 is 0 Å². The quantitative estimate of drug-likeness (QED) is 0.135. The topological polar surface area (TPSA) is 91.7 Å². The molecule has 0 aromatic carbocycles. The molecule has 0 aromatic heterocycles. The van der Waals surface area contributed by atoms with Gasteiger partial charge in [0, 0.05) is 6.42 Å². The lowest BCUT2D eigenvalue weighted by atomic mass is 10.0. The summed E-state index contributed by atoms with van der Waals surface area (Å²) in [5.74, 6) is -1.49. The van der Waals surface area contributed by atoms with Gasteiger partial charge in [-0.05, 0) is 6.42 Å².